The third-order valence-corrected chi connectivity index (χ3v) is 5.68. The van der Waals surface area contributed by atoms with E-state index in [-0.39, 0.29) is 11.3 Å². The van der Waals surface area contributed by atoms with E-state index >= 15 is 0 Å². The molecule has 0 spiro atoms. The van der Waals surface area contributed by atoms with Crippen LogP contribution in [0.2, 0.25) is 0 Å². The summed E-state index contributed by atoms with van der Waals surface area (Å²) in [4.78, 5) is 0. The number of rotatable bonds is 10. The summed E-state index contributed by atoms with van der Waals surface area (Å²) in [6.45, 7) is 8.06. The average Bonchev–Trinajstić information content (AvgIpc) is 2.66. The van der Waals surface area contributed by atoms with Crippen LogP contribution in [0.1, 0.15) is 64.4 Å². The Hall–Kier alpha value is -1.60. The SMILES string of the molecule is C=CCCCCC1(c2ccccc2)C=CC(C(O)(CC)CCC)C=C1. The second kappa shape index (κ2) is 9.20. The Kier molecular flexibility index (Phi) is 7.25. The van der Waals surface area contributed by atoms with E-state index in [9.17, 15) is 5.11 Å². The van der Waals surface area contributed by atoms with Crippen molar-refractivity contribution in [3.63, 3.8) is 0 Å². The number of aliphatic hydroxyl groups is 1. The Balaban J connectivity index is 2.23. The molecule has 0 radical (unpaired) electrons. The first-order valence-electron chi connectivity index (χ1n) is 9.88. The van der Waals surface area contributed by atoms with Crippen LogP contribution in [0, 0.1) is 5.92 Å². The minimum atomic E-state index is -0.618. The van der Waals surface area contributed by atoms with Gasteiger partial charge in [-0.3, -0.25) is 0 Å². The lowest BCUT2D eigenvalue weighted by Gasteiger charge is -2.38. The Morgan fingerprint density at radius 1 is 1.12 bits per heavy atom. The maximum atomic E-state index is 11.0. The summed E-state index contributed by atoms with van der Waals surface area (Å²) in [5, 5.41) is 11.0. The zero-order valence-corrected chi connectivity index (χ0v) is 16.0. The van der Waals surface area contributed by atoms with Crippen LogP contribution in [0.25, 0.3) is 0 Å². The van der Waals surface area contributed by atoms with Crippen molar-refractivity contribution in [2.75, 3.05) is 0 Å². The summed E-state index contributed by atoms with van der Waals surface area (Å²) in [6, 6.07) is 10.8. The summed E-state index contributed by atoms with van der Waals surface area (Å²) in [6.07, 6.45) is 18.4. The van der Waals surface area contributed by atoms with Crippen molar-refractivity contribution >= 4 is 0 Å². The van der Waals surface area contributed by atoms with Gasteiger partial charge in [0.2, 0.25) is 0 Å². The lowest BCUT2D eigenvalue weighted by atomic mass is 9.69. The van der Waals surface area contributed by atoms with E-state index < -0.39 is 5.60 Å². The van der Waals surface area contributed by atoms with Crippen LogP contribution in [0.5, 0.6) is 0 Å². The normalized spacial score (nSPS) is 24.8. The predicted molar refractivity (Wildman–Crippen MR) is 109 cm³/mol. The van der Waals surface area contributed by atoms with E-state index in [2.05, 4.69) is 75.1 Å². The molecule has 0 saturated carbocycles. The van der Waals surface area contributed by atoms with Crippen LogP contribution in [0.3, 0.4) is 0 Å². The topological polar surface area (TPSA) is 20.2 Å². The molecule has 1 aromatic rings. The van der Waals surface area contributed by atoms with Crippen LogP contribution < -0.4 is 0 Å². The van der Waals surface area contributed by atoms with E-state index in [1.807, 2.05) is 6.08 Å². The van der Waals surface area contributed by atoms with Crippen LogP contribution in [-0.4, -0.2) is 10.7 Å². The van der Waals surface area contributed by atoms with Gasteiger partial charge in [-0.15, -0.1) is 6.58 Å². The van der Waals surface area contributed by atoms with Gasteiger partial charge >= 0.3 is 0 Å². The lowest BCUT2D eigenvalue weighted by Crippen LogP contribution is -2.37. The van der Waals surface area contributed by atoms with Crippen LogP contribution >= 0.6 is 0 Å². The van der Waals surface area contributed by atoms with Crippen LogP contribution in [0.15, 0.2) is 67.3 Å². The molecule has 1 aliphatic carbocycles. The zero-order chi connectivity index (χ0) is 18.2. The standard InChI is InChI=1S/C24H34O/c1-4-7-8-12-18-23(21-13-10-9-11-14-21)19-15-22(16-20-23)24(25,6-3)17-5-2/h4,9-11,13-16,19-20,22,25H,1,5-8,12,17-18H2,2-3H3. The highest BCUT2D eigenvalue weighted by molar-refractivity contribution is 5.40. The minimum Gasteiger partial charge on any atom is -0.389 e. The van der Waals surface area contributed by atoms with Crippen LogP contribution in [0.4, 0.5) is 0 Å². The number of hydrogen-bond donors (Lipinski definition) is 1. The Morgan fingerprint density at radius 3 is 2.36 bits per heavy atom. The van der Waals surface area contributed by atoms with Crippen LogP contribution in [-0.2, 0) is 5.41 Å². The molecule has 1 aliphatic rings. The zero-order valence-electron chi connectivity index (χ0n) is 16.0. The molecule has 2 rings (SSSR count). The molecule has 1 unspecified atom stereocenters. The highest BCUT2D eigenvalue weighted by Crippen LogP contribution is 2.40. The molecule has 0 saturated heterocycles. The van der Waals surface area contributed by atoms with E-state index in [4.69, 9.17) is 0 Å². The van der Waals surface area contributed by atoms with Gasteiger partial charge in [-0.25, -0.2) is 0 Å². The molecular weight excluding hydrogens is 304 g/mol. The maximum absolute atomic E-state index is 11.0. The first kappa shape index (κ1) is 19.7. The molecule has 0 bridgehead atoms. The van der Waals surface area contributed by atoms with Gasteiger partial charge in [-0.05, 0) is 37.7 Å². The van der Waals surface area contributed by atoms with E-state index in [1.54, 1.807) is 0 Å². The molecular formula is C24H34O. The number of unbranched alkanes of at least 4 members (excludes halogenated alkanes) is 2. The van der Waals surface area contributed by atoms with Crippen molar-refractivity contribution in [2.45, 2.75) is 69.8 Å². The van der Waals surface area contributed by atoms with Gasteiger partial charge in [-0.1, -0.05) is 87.4 Å². The highest BCUT2D eigenvalue weighted by atomic mass is 16.3. The predicted octanol–water partition coefficient (Wildman–Crippen LogP) is 6.35. The molecule has 0 heterocycles. The molecule has 0 fully saturated rings. The second-order valence-corrected chi connectivity index (χ2v) is 7.39. The first-order valence-corrected chi connectivity index (χ1v) is 9.88. The quantitative estimate of drug-likeness (QED) is 0.389. The second-order valence-electron chi connectivity index (χ2n) is 7.39. The van der Waals surface area contributed by atoms with Gasteiger partial charge in [0, 0.05) is 11.3 Å². The van der Waals surface area contributed by atoms with Crippen molar-refractivity contribution in [1.82, 2.24) is 0 Å². The molecule has 1 atom stereocenters. The van der Waals surface area contributed by atoms with Gasteiger partial charge in [0.05, 0.1) is 5.60 Å². The first-order chi connectivity index (χ1) is 12.1. The number of allylic oxidation sites excluding steroid dienone is 3. The largest absolute Gasteiger partial charge is 0.389 e. The fraction of sp³-hybridized carbons (Fsp3) is 0.500. The molecule has 136 valence electrons. The smallest absolute Gasteiger partial charge is 0.0741 e. The van der Waals surface area contributed by atoms with E-state index in [0.717, 1.165) is 32.1 Å². The summed E-state index contributed by atoms with van der Waals surface area (Å²) in [5.41, 5.74) is 0.683. The molecule has 1 nitrogen and oxygen atoms in total. The molecule has 1 N–H and O–H groups in total. The van der Waals surface area contributed by atoms with Crippen molar-refractivity contribution in [2.24, 2.45) is 5.92 Å². The maximum Gasteiger partial charge on any atom is 0.0741 e. The minimum absolute atomic E-state index is 0.0419. The van der Waals surface area contributed by atoms with E-state index in [0.29, 0.717) is 0 Å². The van der Waals surface area contributed by atoms with Gasteiger partial charge in [0.1, 0.15) is 0 Å². The molecule has 25 heavy (non-hydrogen) atoms. The number of benzene rings is 1. The Labute approximate surface area is 154 Å². The Morgan fingerprint density at radius 2 is 1.80 bits per heavy atom. The van der Waals surface area contributed by atoms with Crippen molar-refractivity contribution in [3.05, 3.63) is 72.9 Å². The van der Waals surface area contributed by atoms with Crippen molar-refractivity contribution in [3.8, 4) is 0 Å². The summed E-state index contributed by atoms with van der Waals surface area (Å²) >= 11 is 0. The highest BCUT2D eigenvalue weighted by Gasteiger charge is 2.36. The average molecular weight is 339 g/mol. The number of hydrogen-bond acceptors (Lipinski definition) is 1. The van der Waals surface area contributed by atoms with Crippen molar-refractivity contribution < 1.29 is 5.11 Å². The summed E-state index contributed by atoms with van der Waals surface area (Å²) in [7, 11) is 0. The van der Waals surface area contributed by atoms with Gasteiger partial charge < -0.3 is 5.11 Å². The summed E-state index contributed by atoms with van der Waals surface area (Å²) < 4.78 is 0. The molecule has 1 heteroatoms. The lowest BCUT2D eigenvalue weighted by molar-refractivity contribution is 0.00161. The van der Waals surface area contributed by atoms with Gasteiger partial charge in [-0.2, -0.15) is 0 Å². The fourth-order valence-electron chi connectivity index (χ4n) is 4.00. The monoisotopic (exact) mass is 338 g/mol. The van der Waals surface area contributed by atoms with Gasteiger partial charge in [0.25, 0.3) is 0 Å². The molecule has 0 aromatic heterocycles. The molecule has 0 aliphatic heterocycles. The Bertz CT molecular complexity index is 569. The van der Waals surface area contributed by atoms with Gasteiger partial charge in [0.15, 0.2) is 0 Å². The third-order valence-electron chi connectivity index (χ3n) is 5.68. The third kappa shape index (κ3) is 4.73. The fourth-order valence-corrected chi connectivity index (χ4v) is 4.00. The van der Waals surface area contributed by atoms with E-state index in [1.165, 1.54) is 18.4 Å². The van der Waals surface area contributed by atoms with Crippen molar-refractivity contribution in [1.29, 1.82) is 0 Å². The molecule has 1 aromatic carbocycles. The summed E-state index contributed by atoms with van der Waals surface area (Å²) in [5.74, 6) is 0.113. The molecule has 0 amide bonds.